The van der Waals surface area contributed by atoms with Gasteiger partial charge in [-0.05, 0) is 53.5 Å². The predicted molar refractivity (Wildman–Crippen MR) is 105 cm³/mol. The van der Waals surface area contributed by atoms with Gasteiger partial charge in [0.05, 0.1) is 12.7 Å². The zero-order valence-electron chi connectivity index (χ0n) is 16.4. The van der Waals surface area contributed by atoms with Crippen LogP contribution in [0.2, 0.25) is 0 Å². The molecule has 0 spiro atoms. The lowest BCUT2D eigenvalue weighted by Crippen LogP contribution is -2.39. The highest BCUT2D eigenvalue weighted by atomic mass is 19.4. The molecule has 29 heavy (non-hydrogen) atoms. The van der Waals surface area contributed by atoms with Crippen molar-refractivity contribution in [1.29, 1.82) is 0 Å². The van der Waals surface area contributed by atoms with Crippen molar-refractivity contribution in [2.24, 2.45) is 5.92 Å². The molecule has 0 unspecified atom stereocenters. The zero-order valence-corrected chi connectivity index (χ0v) is 16.4. The second kappa shape index (κ2) is 7.81. The molecular formula is C22H22F3NO3. The third-order valence-corrected chi connectivity index (χ3v) is 4.97. The van der Waals surface area contributed by atoms with Crippen LogP contribution >= 0.6 is 0 Å². The Morgan fingerprint density at radius 2 is 1.69 bits per heavy atom. The van der Waals surface area contributed by atoms with E-state index in [1.807, 2.05) is 13.8 Å². The fourth-order valence-corrected chi connectivity index (χ4v) is 3.41. The van der Waals surface area contributed by atoms with Crippen molar-refractivity contribution in [2.45, 2.75) is 32.2 Å². The molecule has 0 aliphatic carbocycles. The van der Waals surface area contributed by atoms with Gasteiger partial charge in [0, 0.05) is 5.69 Å². The SMILES string of the molecule is C=C(c1ccc(C(F)(F)F)cc1)[C@H]1[C@H](C(C)C)OC(=O)N1c1ccc(OC)cc1. The second-order valence-electron chi connectivity index (χ2n) is 7.21. The molecule has 1 heterocycles. The first-order chi connectivity index (χ1) is 13.6. The van der Waals surface area contributed by atoms with Crippen LogP contribution in [0, 0.1) is 5.92 Å². The summed E-state index contributed by atoms with van der Waals surface area (Å²) in [7, 11) is 1.54. The smallest absolute Gasteiger partial charge is 0.416 e. The fourth-order valence-electron chi connectivity index (χ4n) is 3.41. The molecule has 3 rings (SSSR count). The van der Waals surface area contributed by atoms with Crippen LogP contribution in [0.15, 0.2) is 55.1 Å². The van der Waals surface area contributed by atoms with Crippen molar-refractivity contribution in [3.8, 4) is 5.75 Å². The van der Waals surface area contributed by atoms with Crippen molar-refractivity contribution in [2.75, 3.05) is 12.0 Å². The van der Waals surface area contributed by atoms with Gasteiger partial charge in [-0.3, -0.25) is 4.90 Å². The number of carbonyl (C=O) groups excluding carboxylic acids is 1. The first kappa shape index (κ1) is 20.8. The number of nitrogens with zero attached hydrogens (tertiary/aromatic N) is 1. The van der Waals surface area contributed by atoms with Crippen LogP contribution in [0.3, 0.4) is 0 Å². The number of carbonyl (C=O) groups is 1. The molecule has 0 bridgehead atoms. The van der Waals surface area contributed by atoms with Crippen LogP contribution in [0.5, 0.6) is 5.75 Å². The van der Waals surface area contributed by atoms with Crippen LogP contribution in [-0.2, 0) is 10.9 Å². The van der Waals surface area contributed by atoms with E-state index >= 15 is 0 Å². The van der Waals surface area contributed by atoms with Crippen LogP contribution < -0.4 is 9.64 Å². The topological polar surface area (TPSA) is 38.8 Å². The first-order valence-electron chi connectivity index (χ1n) is 9.14. The number of methoxy groups -OCH3 is 1. The van der Waals surface area contributed by atoms with Gasteiger partial charge in [0.2, 0.25) is 0 Å². The number of anilines is 1. The summed E-state index contributed by atoms with van der Waals surface area (Å²) in [5, 5.41) is 0. The Labute approximate surface area is 167 Å². The highest BCUT2D eigenvalue weighted by Crippen LogP contribution is 2.38. The molecule has 0 saturated carbocycles. The van der Waals surface area contributed by atoms with Gasteiger partial charge in [0.25, 0.3) is 0 Å². The maximum atomic E-state index is 12.9. The number of ether oxygens (including phenoxy) is 2. The van der Waals surface area contributed by atoms with Crippen molar-refractivity contribution >= 4 is 17.4 Å². The normalized spacial score (nSPS) is 19.4. The van der Waals surface area contributed by atoms with Gasteiger partial charge in [0.1, 0.15) is 17.9 Å². The first-order valence-corrected chi connectivity index (χ1v) is 9.14. The number of amides is 1. The third kappa shape index (κ3) is 4.09. The molecule has 2 aromatic rings. The summed E-state index contributed by atoms with van der Waals surface area (Å²) < 4.78 is 49.4. The van der Waals surface area contributed by atoms with Crippen LogP contribution in [0.1, 0.15) is 25.0 Å². The highest BCUT2D eigenvalue weighted by Gasteiger charge is 2.45. The molecule has 0 radical (unpaired) electrons. The van der Waals surface area contributed by atoms with Crippen LogP contribution in [0.25, 0.3) is 5.57 Å². The maximum absolute atomic E-state index is 12.9. The molecule has 1 aliphatic heterocycles. The Morgan fingerprint density at radius 1 is 1.10 bits per heavy atom. The standard InChI is InChI=1S/C22H22F3NO3/c1-13(2)20-19(14(3)15-5-7-16(8-6-15)22(23,24)25)26(21(27)29-20)17-9-11-18(28-4)12-10-17/h5-13,19-20H,3H2,1-2,4H3/t19-,20-/m0/s1. The van der Waals surface area contributed by atoms with E-state index in [4.69, 9.17) is 9.47 Å². The molecular weight excluding hydrogens is 383 g/mol. The summed E-state index contributed by atoms with van der Waals surface area (Å²) in [5.74, 6) is 0.623. The number of alkyl halides is 3. The lowest BCUT2D eigenvalue weighted by Gasteiger charge is -2.28. The Bertz CT molecular complexity index is 889. The number of hydrogen-bond acceptors (Lipinski definition) is 3. The quantitative estimate of drug-likeness (QED) is 0.633. The Hall–Kier alpha value is -2.96. The van der Waals surface area contributed by atoms with Crippen molar-refractivity contribution in [1.82, 2.24) is 0 Å². The Morgan fingerprint density at radius 3 is 2.17 bits per heavy atom. The van der Waals surface area contributed by atoms with E-state index < -0.39 is 30.0 Å². The molecule has 1 amide bonds. The minimum absolute atomic E-state index is 0.0154. The predicted octanol–water partition coefficient (Wildman–Crippen LogP) is 5.78. The van der Waals surface area contributed by atoms with E-state index in [9.17, 15) is 18.0 Å². The van der Waals surface area contributed by atoms with Gasteiger partial charge in [-0.1, -0.05) is 32.6 Å². The average Bonchev–Trinajstić information content (AvgIpc) is 3.04. The minimum atomic E-state index is -4.41. The lowest BCUT2D eigenvalue weighted by molar-refractivity contribution is -0.137. The fraction of sp³-hybridized carbons (Fsp3) is 0.318. The molecule has 154 valence electrons. The van der Waals surface area contributed by atoms with E-state index in [1.165, 1.54) is 17.0 Å². The van der Waals surface area contributed by atoms with Gasteiger partial charge in [0.15, 0.2) is 0 Å². The van der Waals surface area contributed by atoms with Crippen molar-refractivity contribution < 1.29 is 27.4 Å². The van der Waals surface area contributed by atoms with E-state index in [1.54, 1.807) is 31.4 Å². The molecule has 7 heteroatoms. The number of rotatable bonds is 5. The summed E-state index contributed by atoms with van der Waals surface area (Å²) in [5.41, 5.74) is 0.891. The van der Waals surface area contributed by atoms with E-state index in [0.717, 1.165) is 12.1 Å². The van der Waals surface area contributed by atoms with Gasteiger partial charge in [-0.15, -0.1) is 0 Å². The lowest BCUT2D eigenvalue weighted by atomic mass is 9.89. The van der Waals surface area contributed by atoms with Gasteiger partial charge >= 0.3 is 12.3 Å². The van der Waals surface area contributed by atoms with Gasteiger partial charge < -0.3 is 9.47 Å². The monoisotopic (exact) mass is 405 g/mol. The molecule has 4 nitrogen and oxygen atoms in total. The van der Waals surface area contributed by atoms with Crippen molar-refractivity contribution in [3.05, 3.63) is 66.2 Å². The second-order valence-corrected chi connectivity index (χ2v) is 7.21. The average molecular weight is 405 g/mol. The summed E-state index contributed by atoms with van der Waals surface area (Å²) in [6.07, 6.45) is -5.42. The Balaban J connectivity index is 1.98. The third-order valence-electron chi connectivity index (χ3n) is 4.97. The number of cyclic esters (lactones) is 1. The number of hydrogen-bond donors (Lipinski definition) is 0. The minimum Gasteiger partial charge on any atom is -0.497 e. The van der Waals surface area contributed by atoms with Gasteiger partial charge in [-0.2, -0.15) is 13.2 Å². The van der Waals surface area contributed by atoms with Gasteiger partial charge in [-0.25, -0.2) is 4.79 Å². The van der Waals surface area contributed by atoms with Crippen LogP contribution in [0.4, 0.5) is 23.7 Å². The molecule has 1 fully saturated rings. The molecule has 2 atom stereocenters. The summed E-state index contributed by atoms with van der Waals surface area (Å²) >= 11 is 0. The highest BCUT2D eigenvalue weighted by molar-refractivity contribution is 5.95. The molecule has 0 N–H and O–H groups in total. The van der Waals surface area contributed by atoms with E-state index in [0.29, 0.717) is 22.6 Å². The maximum Gasteiger partial charge on any atom is 0.416 e. The van der Waals surface area contributed by atoms with Crippen LogP contribution in [-0.4, -0.2) is 25.3 Å². The molecule has 1 aliphatic rings. The number of benzene rings is 2. The zero-order chi connectivity index (χ0) is 21.3. The summed E-state index contributed by atoms with van der Waals surface area (Å²) in [6.45, 7) is 7.93. The molecule has 2 aromatic carbocycles. The van der Waals surface area contributed by atoms with E-state index in [2.05, 4.69) is 6.58 Å². The largest absolute Gasteiger partial charge is 0.497 e. The van der Waals surface area contributed by atoms with Crippen molar-refractivity contribution in [3.63, 3.8) is 0 Å². The molecule has 1 saturated heterocycles. The summed E-state index contributed by atoms with van der Waals surface area (Å²) in [6, 6.07) is 11.1. The molecule has 0 aromatic heterocycles. The Kier molecular flexibility index (Phi) is 5.59. The van der Waals surface area contributed by atoms with E-state index in [-0.39, 0.29) is 5.92 Å². The number of halogens is 3. The summed E-state index contributed by atoms with van der Waals surface area (Å²) in [4.78, 5) is 14.1.